The summed E-state index contributed by atoms with van der Waals surface area (Å²) in [5, 5.41) is 14.0. The molecule has 0 saturated carbocycles. The van der Waals surface area contributed by atoms with Crippen molar-refractivity contribution >= 4 is 11.7 Å². The van der Waals surface area contributed by atoms with Gasteiger partial charge in [-0.15, -0.1) is 0 Å². The van der Waals surface area contributed by atoms with Crippen LogP contribution in [0.15, 0.2) is 24.3 Å². The average Bonchev–Trinajstić information content (AvgIpc) is 2.44. The molecule has 0 aliphatic rings. The van der Waals surface area contributed by atoms with Crippen molar-refractivity contribution in [2.45, 2.75) is 32.7 Å². The lowest BCUT2D eigenvalue weighted by Gasteiger charge is -2.17. The first-order valence-electron chi connectivity index (χ1n) is 6.71. The van der Waals surface area contributed by atoms with Crippen LogP contribution in [0.25, 0.3) is 0 Å². The first-order chi connectivity index (χ1) is 9.58. The van der Waals surface area contributed by atoms with Crippen LogP contribution >= 0.6 is 0 Å². The first-order valence-corrected chi connectivity index (χ1v) is 6.71. The lowest BCUT2D eigenvalue weighted by atomic mass is 10.0. The highest BCUT2D eigenvalue weighted by Gasteiger charge is 2.13. The number of ether oxygens (including phenoxy) is 1. The third kappa shape index (κ3) is 4.97. The largest absolute Gasteiger partial charge is 0.466 e. The summed E-state index contributed by atoms with van der Waals surface area (Å²) in [6.07, 6.45) is 1.07. The minimum absolute atomic E-state index is 0.00988. The second kappa shape index (κ2) is 8.27. The molecule has 110 valence electrons. The molecular formula is C14H20N2O4. The van der Waals surface area contributed by atoms with E-state index in [2.05, 4.69) is 5.32 Å². The topological polar surface area (TPSA) is 81.5 Å². The molecule has 20 heavy (non-hydrogen) atoms. The van der Waals surface area contributed by atoms with E-state index in [1.807, 2.05) is 13.0 Å². The Hall–Kier alpha value is -1.95. The number of nitrogens with zero attached hydrogens (tertiary/aromatic N) is 1. The second-order valence-corrected chi connectivity index (χ2v) is 4.32. The highest BCUT2D eigenvalue weighted by Crippen LogP contribution is 2.21. The normalized spacial score (nSPS) is 11.9. The molecule has 1 rings (SSSR count). The number of hydrogen-bond donors (Lipinski definition) is 1. The maximum atomic E-state index is 11.2. The number of esters is 1. The van der Waals surface area contributed by atoms with Gasteiger partial charge in [0.1, 0.15) is 0 Å². The number of benzene rings is 1. The van der Waals surface area contributed by atoms with Gasteiger partial charge in [0.05, 0.1) is 18.0 Å². The van der Waals surface area contributed by atoms with Gasteiger partial charge in [0.25, 0.3) is 5.69 Å². The predicted molar refractivity (Wildman–Crippen MR) is 75.4 cm³/mol. The fourth-order valence-electron chi connectivity index (χ4n) is 1.93. The molecule has 0 spiro atoms. The zero-order valence-electron chi connectivity index (χ0n) is 11.8. The van der Waals surface area contributed by atoms with Crippen LogP contribution in [0, 0.1) is 10.1 Å². The highest BCUT2D eigenvalue weighted by molar-refractivity contribution is 5.69. The summed E-state index contributed by atoms with van der Waals surface area (Å²) < 4.78 is 4.85. The minimum Gasteiger partial charge on any atom is -0.466 e. The Morgan fingerprint density at radius 3 is 2.80 bits per heavy atom. The molecule has 0 radical (unpaired) electrons. The molecule has 0 bridgehead atoms. The lowest BCUT2D eigenvalue weighted by Crippen LogP contribution is -2.24. The number of carbonyl (C=O) groups is 1. The SMILES string of the molecule is CCOC(=O)CCNC(CC)c1cccc([N+](=O)[O-])c1. The average molecular weight is 280 g/mol. The van der Waals surface area contributed by atoms with Gasteiger partial charge < -0.3 is 10.1 Å². The van der Waals surface area contributed by atoms with Crippen molar-refractivity contribution in [3.63, 3.8) is 0 Å². The Labute approximate surface area is 118 Å². The van der Waals surface area contributed by atoms with E-state index < -0.39 is 4.92 Å². The Morgan fingerprint density at radius 2 is 2.20 bits per heavy atom. The molecule has 1 atom stereocenters. The molecule has 1 aromatic carbocycles. The number of nitro groups is 1. The van der Waals surface area contributed by atoms with Crippen molar-refractivity contribution in [1.29, 1.82) is 0 Å². The van der Waals surface area contributed by atoms with Crippen LogP contribution in [0.5, 0.6) is 0 Å². The van der Waals surface area contributed by atoms with Crippen LogP contribution in [-0.4, -0.2) is 24.0 Å². The monoisotopic (exact) mass is 280 g/mol. The van der Waals surface area contributed by atoms with Crippen molar-refractivity contribution in [1.82, 2.24) is 5.32 Å². The Morgan fingerprint density at radius 1 is 1.45 bits per heavy atom. The zero-order chi connectivity index (χ0) is 15.0. The summed E-state index contributed by atoms with van der Waals surface area (Å²) in [6, 6.07) is 6.53. The molecule has 1 unspecified atom stereocenters. The number of non-ortho nitro benzene ring substituents is 1. The summed E-state index contributed by atoms with van der Waals surface area (Å²) in [5.41, 5.74) is 0.929. The molecule has 0 saturated heterocycles. The highest BCUT2D eigenvalue weighted by atomic mass is 16.6. The van der Waals surface area contributed by atoms with E-state index >= 15 is 0 Å². The standard InChI is InChI=1S/C14H20N2O4/c1-3-13(15-9-8-14(17)20-4-2)11-6-5-7-12(10-11)16(18)19/h5-7,10,13,15H,3-4,8-9H2,1-2H3. The molecular weight excluding hydrogens is 260 g/mol. The van der Waals surface area contributed by atoms with Crippen LogP contribution in [0.3, 0.4) is 0 Å². The second-order valence-electron chi connectivity index (χ2n) is 4.32. The van der Waals surface area contributed by atoms with Gasteiger partial charge in [0.15, 0.2) is 0 Å². The van der Waals surface area contributed by atoms with Crippen LogP contribution in [0.4, 0.5) is 5.69 Å². The summed E-state index contributed by atoms with van der Waals surface area (Å²) in [7, 11) is 0. The first kappa shape index (κ1) is 16.1. The minimum atomic E-state index is -0.408. The maximum Gasteiger partial charge on any atom is 0.307 e. The van der Waals surface area contributed by atoms with E-state index in [4.69, 9.17) is 4.74 Å². The van der Waals surface area contributed by atoms with Gasteiger partial charge in [-0.2, -0.15) is 0 Å². The molecule has 0 heterocycles. The van der Waals surface area contributed by atoms with Gasteiger partial charge in [-0.3, -0.25) is 14.9 Å². The van der Waals surface area contributed by atoms with E-state index in [1.165, 1.54) is 6.07 Å². The van der Waals surface area contributed by atoms with Gasteiger partial charge >= 0.3 is 5.97 Å². The fourth-order valence-corrected chi connectivity index (χ4v) is 1.93. The Kier molecular flexibility index (Phi) is 6.66. The molecule has 1 N–H and O–H groups in total. The van der Waals surface area contributed by atoms with Crippen molar-refractivity contribution in [3.8, 4) is 0 Å². The molecule has 0 fully saturated rings. The molecule has 0 aliphatic carbocycles. The number of rotatable bonds is 8. The van der Waals surface area contributed by atoms with Crippen molar-refractivity contribution < 1.29 is 14.5 Å². The van der Waals surface area contributed by atoms with Crippen LogP contribution in [0.2, 0.25) is 0 Å². The maximum absolute atomic E-state index is 11.2. The van der Waals surface area contributed by atoms with E-state index in [0.717, 1.165) is 12.0 Å². The summed E-state index contributed by atoms with van der Waals surface area (Å²) in [4.78, 5) is 21.6. The number of nitro benzene ring substituents is 1. The molecule has 6 nitrogen and oxygen atoms in total. The Bertz CT molecular complexity index is 462. The molecule has 0 amide bonds. The number of hydrogen-bond acceptors (Lipinski definition) is 5. The van der Waals surface area contributed by atoms with E-state index in [-0.39, 0.29) is 17.7 Å². The van der Waals surface area contributed by atoms with Gasteiger partial charge in [-0.25, -0.2) is 0 Å². The number of nitrogens with one attached hydrogen (secondary N) is 1. The van der Waals surface area contributed by atoms with E-state index in [0.29, 0.717) is 19.6 Å². The van der Waals surface area contributed by atoms with Crippen LogP contribution in [-0.2, 0) is 9.53 Å². The summed E-state index contributed by atoms with van der Waals surface area (Å²) in [5.74, 6) is -0.242. The molecule has 0 aliphatic heterocycles. The van der Waals surface area contributed by atoms with E-state index in [9.17, 15) is 14.9 Å². The summed E-state index contributed by atoms with van der Waals surface area (Å²) in [6.45, 7) is 4.62. The van der Waals surface area contributed by atoms with Crippen molar-refractivity contribution in [2.75, 3.05) is 13.2 Å². The van der Waals surface area contributed by atoms with Gasteiger partial charge in [-0.1, -0.05) is 19.1 Å². The zero-order valence-corrected chi connectivity index (χ0v) is 11.8. The third-order valence-electron chi connectivity index (χ3n) is 2.92. The molecule has 1 aromatic rings. The van der Waals surface area contributed by atoms with Gasteiger partial charge in [0, 0.05) is 24.7 Å². The predicted octanol–water partition coefficient (Wildman–Crippen LogP) is 2.59. The Balaban J connectivity index is 2.60. The van der Waals surface area contributed by atoms with Crippen molar-refractivity contribution in [3.05, 3.63) is 39.9 Å². The van der Waals surface area contributed by atoms with E-state index in [1.54, 1.807) is 19.1 Å². The molecule has 6 heteroatoms. The van der Waals surface area contributed by atoms with Gasteiger partial charge in [0.2, 0.25) is 0 Å². The number of carbonyl (C=O) groups excluding carboxylic acids is 1. The smallest absolute Gasteiger partial charge is 0.307 e. The summed E-state index contributed by atoms with van der Waals surface area (Å²) >= 11 is 0. The molecule has 0 aromatic heterocycles. The van der Waals surface area contributed by atoms with Crippen LogP contribution < -0.4 is 5.32 Å². The van der Waals surface area contributed by atoms with Crippen molar-refractivity contribution in [2.24, 2.45) is 0 Å². The third-order valence-corrected chi connectivity index (χ3v) is 2.92. The van der Waals surface area contributed by atoms with Crippen LogP contribution in [0.1, 0.15) is 38.3 Å². The fraction of sp³-hybridized carbons (Fsp3) is 0.500. The van der Waals surface area contributed by atoms with Gasteiger partial charge in [-0.05, 0) is 18.9 Å². The quantitative estimate of drug-likeness (QED) is 0.449. The lowest BCUT2D eigenvalue weighted by molar-refractivity contribution is -0.384.